The molecule has 1 aromatic rings. The van der Waals surface area contributed by atoms with Crippen molar-refractivity contribution in [2.24, 2.45) is 0 Å². The highest BCUT2D eigenvalue weighted by Crippen LogP contribution is 2.23. The molecule has 6 nitrogen and oxygen atoms in total. The molecule has 0 bridgehead atoms. The number of carbonyl (C=O) groups excluding carboxylic acids is 1. The van der Waals surface area contributed by atoms with Gasteiger partial charge in [-0.2, -0.15) is 0 Å². The molecule has 0 aliphatic rings. The van der Waals surface area contributed by atoms with Crippen LogP contribution in [-0.4, -0.2) is 36.8 Å². The molecule has 1 rings (SSSR count). The number of rotatable bonds is 13. The maximum absolute atomic E-state index is 12.7. The summed E-state index contributed by atoms with van der Waals surface area (Å²) in [5, 5.41) is 18.2. The number of urea groups is 1. The molecule has 2 amide bonds. The van der Waals surface area contributed by atoms with Crippen LogP contribution in [0.3, 0.4) is 0 Å². The third-order valence-electron chi connectivity index (χ3n) is 5.57. The molecule has 6 heteroatoms. The summed E-state index contributed by atoms with van der Waals surface area (Å²) in [5.41, 5.74) is 5.07. The van der Waals surface area contributed by atoms with Gasteiger partial charge in [0.2, 0.25) is 0 Å². The molecule has 0 saturated heterocycles. The molecule has 0 saturated carbocycles. The number of para-hydroxylation sites is 1. The van der Waals surface area contributed by atoms with Crippen molar-refractivity contribution in [3.8, 4) is 0 Å². The van der Waals surface area contributed by atoms with Crippen molar-refractivity contribution in [1.82, 2.24) is 15.5 Å². The minimum Gasteiger partial charge on any atom is -0.378 e. The van der Waals surface area contributed by atoms with Gasteiger partial charge in [-0.1, -0.05) is 57.7 Å². The maximum atomic E-state index is 12.7. The van der Waals surface area contributed by atoms with Crippen molar-refractivity contribution in [3.63, 3.8) is 0 Å². The highest BCUT2D eigenvalue weighted by Gasteiger charge is 2.16. The van der Waals surface area contributed by atoms with E-state index in [2.05, 4.69) is 42.1 Å². The number of nitrogens with zero attached hydrogens (tertiary/aromatic N) is 1. The fourth-order valence-corrected chi connectivity index (χ4v) is 3.08. The monoisotopic (exact) mass is 477 g/mol. The molecule has 0 unspecified atom stereocenters. The lowest BCUT2D eigenvalue weighted by Crippen LogP contribution is -2.42. The predicted octanol–water partition coefficient (Wildman–Crippen LogP) is 6.75. The van der Waals surface area contributed by atoms with Crippen molar-refractivity contribution in [2.75, 3.05) is 19.4 Å². The zero-order chi connectivity index (χ0) is 26.5. The highest BCUT2D eigenvalue weighted by atomic mass is 16.2. The number of hydrogen-bond acceptors (Lipinski definition) is 4. The Morgan fingerprint density at radius 3 is 2.29 bits per heavy atom. The van der Waals surface area contributed by atoms with Gasteiger partial charge in [0.25, 0.3) is 0 Å². The van der Waals surface area contributed by atoms with Crippen LogP contribution in [0.5, 0.6) is 0 Å². The second kappa shape index (κ2) is 14.7. The van der Waals surface area contributed by atoms with Crippen LogP contribution in [0.2, 0.25) is 0 Å². The largest absolute Gasteiger partial charge is 0.378 e. The van der Waals surface area contributed by atoms with E-state index >= 15 is 0 Å². The average molecular weight is 478 g/mol. The lowest BCUT2D eigenvalue weighted by Gasteiger charge is -2.21. The summed E-state index contributed by atoms with van der Waals surface area (Å²) in [4.78, 5) is 14.6. The van der Waals surface area contributed by atoms with E-state index in [0.29, 0.717) is 17.1 Å². The zero-order valence-electron chi connectivity index (χ0n) is 22.5. The number of likely N-dealkylation sites (N-methyl/N-ethyl adjacent to an activating group) is 1. The van der Waals surface area contributed by atoms with Gasteiger partial charge in [0, 0.05) is 42.7 Å². The normalized spacial score (nSPS) is 13.3. The quantitative estimate of drug-likeness (QED) is 0.187. The van der Waals surface area contributed by atoms with E-state index in [4.69, 9.17) is 5.41 Å². The summed E-state index contributed by atoms with van der Waals surface area (Å²) in [6.07, 6.45) is 6.61. The molecule has 0 aliphatic heterocycles. The van der Waals surface area contributed by atoms with E-state index in [0.717, 1.165) is 47.4 Å². The van der Waals surface area contributed by atoms with Crippen molar-refractivity contribution < 1.29 is 4.79 Å². The van der Waals surface area contributed by atoms with Gasteiger partial charge in [0.05, 0.1) is 5.71 Å². The van der Waals surface area contributed by atoms with Crippen LogP contribution in [-0.2, 0) is 0 Å². The van der Waals surface area contributed by atoms with Gasteiger partial charge in [-0.25, -0.2) is 4.79 Å². The van der Waals surface area contributed by atoms with Crippen LogP contribution in [0.4, 0.5) is 10.5 Å². The molecule has 0 spiro atoms. The average Bonchev–Trinajstić information content (AvgIpc) is 2.82. The molecule has 190 valence electrons. The van der Waals surface area contributed by atoms with Gasteiger partial charge in [0.1, 0.15) is 5.82 Å². The molecule has 35 heavy (non-hydrogen) atoms. The first-order chi connectivity index (χ1) is 16.5. The van der Waals surface area contributed by atoms with Gasteiger partial charge in [-0.05, 0) is 63.0 Å². The smallest absolute Gasteiger partial charge is 0.320 e. The summed E-state index contributed by atoms with van der Waals surface area (Å²) < 4.78 is 0. The van der Waals surface area contributed by atoms with Crippen molar-refractivity contribution in [2.45, 2.75) is 59.9 Å². The minimum atomic E-state index is -0.317. The molecule has 0 heterocycles. The fourth-order valence-electron chi connectivity index (χ4n) is 3.08. The molecular formula is C29H43N5O. The fraction of sp³-hybridized carbons (Fsp3) is 0.379. The maximum Gasteiger partial charge on any atom is 0.320 e. The first kappa shape index (κ1) is 29.5. The van der Waals surface area contributed by atoms with Crippen molar-refractivity contribution >= 4 is 17.4 Å². The molecule has 0 aromatic heterocycles. The van der Waals surface area contributed by atoms with Crippen LogP contribution in [0.1, 0.15) is 53.9 Å². The first-order valence-electron chi connectivity index (χ1n) is 12.2. The van der Waals surface area contributed by atoms with E-state index in [-0.39, 0.29) is 12.1 Å². The van der Waals surface area contributed by atoms with Crippen LogP contribution in [0, 0.1) is 5.41 Å². The number of amides is 2. The minimum absolute atomic E-state index is 0.0332. The van der Waals surface area contributed by atoms with Crippen molar-refractivity contribution in [1.29, 1.82) is 5.41 Å². The molecular weight excluding hydrogens is 434 g/mol. The summed E-state index contributed by atoms with van der Waals surface area (Å²) in [6, 6.07) is 9.31. The standard InChI is InChI=1S/C29H43N5O/c1-10-12-16-24(19-26(20(3)4)23(7)34(8)9)27(30)22(6)28(32-25-17-14-13-15-18-25)33-29(35)31-21(5)11-2/h13-19,21,30,32H,3,7,10-12H2,1-2,4-6,8-9H3,(H2,31,33,35)/b24-16+,26-19-,28-22+,30-27?/t21-/m1/s1. The molecule has 0 aliphatic carbocycles. The predicted molar refractivity (Wildman–Crippen MR) is 151 cm³/mol. The molecule has 0 radical (unpaired) electrons. The van der Waals surface area contributed by atoms with Crippen LogP contribution < -0.4 is 16.0 Å². The Kier molecular flexibility index (Phi) is 12.4. The summed E-state index contributed by atoms with van der Waals surface area (Å²) in [5.74, 6) is 0.459. The van der Waals surface area contributed by atoms with Gasteiger partial charge < -0.3 is 15.5 Å². The lowest BCUT2D eigenvalue weighted by molar-refractivity contribution is 0.240. The Hall–Kier alpha value is -3.54. The Morgan fingerprint density at radius 2 is 1.77 bits per heavy atom. The SMILES string of the molecule is C=C(C)/C(=C/C(=C\CCC)C(=N)/C(C)=C(/NC(=O)N[C@H](C)CC)Nc1ccccc1)C(=C)N(C)C. The van der Waals surface area contributed by atoms with Gasteiger partial charge in [-0.3, -0.25) is 10.7 Å². The highest BCUT2D eigenvalue weighted by molar-refractivity contribution is 6.12. The van der Waals surface area contributed by atoms with E-state index < -0.39 is 0 Å². The summed E-state index contributed by atoms with van der Waals surface area (Å²) in [6.45, 7) is 18.2. The number of allylic oxidation sites excluding steroid dienone is 5. The van der Waals surface area contributed by atoms with Crippen LogP contribution >= 0.6 is 0 Å². The van der Waals surface area contributed by atoms with Gasteiger partial charge >= 0.3 is 6.03 Å². The lowest BCUT2D eigenvalue weighted by atomic mass is 9.96. The van der Waals surface area contributed by atoms with E-state index in [9.17, 15) is 4.79 Å². The van der Waals surface area contributed by atoms with Crippen LogP contribution in [0.15, 0.2) is 89.5 Å². The van der Waals surface area contributed by atoms with Gasteiger partial charge in [-0.15, -0.1) is 0 Å². The van der Waals surface area contributed by atoms with E-state index in [1.807, 2.05) is 83.1 Å². The molecule has 0 fully saturated rings. The number of unbranched alkanes of at least 4 members (excludes halogenated alkanes) is 1. The van der Waals surface area contributed by atoms with Crippen LogP contribution in [0.25, 0.3) is 0 Å². The Bertz CT molecular complexity index is 999. The topological polar surface area (TPSA) is 80.2 Å². The van der Waals surface area contributed by atoms with Gasteiger partial charge in [0.15, 0.2) is 0 Å². The summed E-state index contributed by atoms with van der Waals surface area (Å²) >= 11 is 0. The van der Waals surface area contributed by atoms with E-state index in [1.165, 1.54) is 0 Å². The van der Waals surface area contributed by atoms with Crippen molar-refractivity contribution in [3.05, 3.63) is 89.5 Å². The second-order valence-corrected chi connectivity index (χ2v) is 8.90. The number of nitrogens with one attached hydrogen (secondary N) is 4. The third kappa shape index (κ3) is 9.69. The number of carbonyl (C=O) groups is 1. The number of anilines is 1. The zero-order valence-corrected chi connectivity index (χ0v) is 22.5. The molecule has 1 atom stereocenters. The Balaban J connectivity index is 3.53. The third-order valence-corrected chi connectivity index (χ3v) is 5.57. The first-order valence-corrected chi connectivity index (χ1v) is 12.2. The Labute approximate surface area is 212 Å². The number of hydrogen-bond donors (Lipinski definition) is 4. The number of benzene rings is 1. The molecule has 1 aromatic carbocycles. The van der Waals surface area contributed by atoms with E-state index in [1.54, 1.807) is 0 Å². The second-order valence-electron chi connectivity index (χ2n) is 8.90. The Morgan fingerprint density at radius 1 is 1.14 bits per heavy atom. The summed E-state index contributed by atoms with van der Waals surface area (Å²) in [7, 11) is 3.87. The molecule has 4 N–H and O–H groups in total.